The quantitative estimate of drug-likeness (QED) is 0.676. The third-order valence-corrected chi connectivity index (χ3v) is 3.49. The molecule has 0 rings (SSSR count). The second-order valence-electron chi connectivity index (χ2n) is 3.01. The van der Waals surface area contributed by atoms with E-state index in [4.69, 9.17) is 5.11 Å². The molecule has 0 saturated heterocycles. The van der Waals surface area contributed by atoms with E-state index in [0.717, 1.165) is 0 Å². The molecule has 0 unspecified atom stereocenters. The molecule has 6 heteroatoms. The van der Waals surface area contributed by atoms with Gasteiger partial charge < -0.3 is 5.11 Å². The number of sulfonamides is 1. The molecule has 2 N–H and O–H groups in total. The Labute approximate surface area is 78.2 Å². The SMILES string of the molecule is CC[C@H](NS(=O)(=O)C(C)C)C(=O)O. The molecule has 0 heterocycles. The van der Waals surface area contributed by atoms with Gasteiger partial charge in [-0.25, -0.2) is 13.1 Å². The molecule has 0 aromatic carbocycles. The van der Waals surface area contributed by atoms with Crippen LogP contribution in [0.3, 0.4) is 0 Å². The molecule has 0 aliphatic carbocycles. The van der Waals surface area contributed by atoms with Gasteiger partial charge in [-0.1, -0.05) is 6.92 Å². The highest BCUT2D eigenvalue weighted by molar-refractivity contribution is 7.90. The number of carbonyl (C=O) groups is 1. The number of carboxylic acid groups (broad SMARTS) is 1. The van der Waals surface area contributed by atoms with Crippen molar-refractivity contribution in [3.63, 3.8) is 0 Å². The van der Waals surface area contributed by atoms with Gasteiger partial charge in [0, 0.05) is 0 Å². The minimum absolute atomic E-state index is 0.237. The second kappa shape index (κ2) is 4.57. The van der Waals surface area contributed by atoms with Crippen LogP contribution in [0, 0.1) is 0 Å². The van der Waals surface area contributed by atoms with Gasteiger partial charge in [-0.3, -0.25) is 4.79 Å². The van der Waals surface area contributed by atoms with Gasteiger partial charge in [-0.15, -0.1) is 0 Å². The molecule has 0 amide bonds. The number of nitrogens with one attached hydrogen (secondary N) is 1. The molecule has 0 aliphatic heterocycles. The van der Waals surface area contributed by atoms with Crippen LogP contribution >= 0.6 is 0 Å². The Kier molecular flexibility index (Phi) is 4.35. The third-order valence-electron chi connectivity index (χ3n) is 1.63. The molecule has 78 valence electrons. The highest BCUT2D eigenvalue weighted by Crippen LogP contribution is 2.00. The van der Waals surface area contributed by atoms with Crippen molar-refractivity contribution in [3.05, 3.63) is 0 Å². The second-order valence-corrected chi connectivity index (χ2v) is 5.28. The zero-order chi connectivity index (χ0) is 10.6. The van der Waals surface area contributed by atoms with Crippen LogP contribution in [-0.2, 0) is 14.8 Å². The summed E-state index contributed by atoms with van der Waals surface area (Å²) in [6.45, 7) is 4.61. The van der Waals surface area contributed by atoms with Gasteiger partial charge in [0.1, 0.15) is 6.04 Å². The average molecular weight is 209 g/mol. The maximum Gasteiger partial charge on any atom is 0.321 e. The summed E-state index contributed by atoms with van der Waals surface area (Å²) in [5.41, 5.74) is 0. The van der Waals surface area contributed by atoms with Crippen molar-refractivity contribution in [2.45, 2.75) is 38.5 Å². The summed E-state index contributed by atoms with van der Waals surface area (Å²) in [6, 6.07) is -1.02. The lowest BCUT2D eigenvalue weighted by Gasteiger charge is -2.14. The Balaban J connectivity index is 4.50. The first kappa shape index (κ1) is 12.4. The van der Waals surface area contributed by atoms with Gasteiger partial charge in [0.05, 0.1) is 5.25 Å². The van der Waals surface area contributed by atoms with Crippen LogP contribution in [0.5, 0.6) is 0 Å². The lowest BCUT2D eigenvalue weighted by Crippen LogP contribution is -2.43. The zero-order valence-electron chi connectivity index (χ0n) is 7.94. The van der Waals surface area contributed by atoms with Crippen LogP contribution in [0.25, 0.3) is 0 Å². The van der Waals surface area contributed by atoms with Crippen molar-refractivity contribution in [3.8, 4) is 0 Å². The monoisotopic (exact) mass is 209 g/mol. The largest absolute Gasteiger partial charge is 0.480 e. The van der Waals surface area contributed by atoms with Crippen molar-refractivity contribution in [2.75, 3.05) is 0 Å². The fourth-order valence-electron chi connectivity index (χ4n) is 0.643. The van der Waals surface area contributed by atoms with Gasteiger partial charge >= 0.3 is 5.97 Å². The highest BCUT2D eigenvalue weighted by atomic mass is 32.2. The lowest BCUT2D eigenvalue weighted by atomic mass is 10.2. The van der Waals surface area contributed by atoms with E-state index >= 15 is 0 Å². The van der Waals surface area contributed by atoms with Crippen molar-refractivity contribution >= 4 is 16.0 Å². The summed E-state index contributed by atoms with van der Waals surface area (Å²) in [5.74, 6) is -1.15. The summed E-state index contributed by atoms with van der Waals surface area (Å²) in [5, 5.41) is 7.98. The number of hydrogen-bond donors (Lipinski definition) is 2. The van der Waals surface area contributed by atoms with E-state index in [9.17, 15) is 13.2 Å². The lowest BCUT2D eigenvalue weighted by molar-refractivity contribution is -0.139. The summed E-state index contributed by atoms with van der Waals surface area (Å²) < 4.78 is 24.6. The molecule has 0 radical (unpaired) electrons. The van der Waals surface area contributed by atoms with Crippen LogP contribution in [-0.4, -0.2) is 30.8 Å². The summed E-state index contributed by atoms with van der Waals surface area (Å²) in [7, 11) is -3.49. The molecule has 1 atom stereocenters. The predicted molar refractivity (Wildman–Crippen MR) is 48.9 cm³/mol. The van der Waals surface area contributed by atoms with Crippen LogP contribution < -0.4 is 4.72 Å². The minimum atomic E-state index is -3.49. The van der Waals surface area contributed by atoms with Gasteiger partial charge in [-0.05, 0) is 20.3 Å². The van der Waals surface area contributed by atoms with Crippen molar-refractivity contribution < 1.29 is 18.3 Å². The molecule has 0 bridgehead atoms. The van der Waals surface area contributed by atoms with Gasteiger partial charge in [0.25, 0.3) is 0 Å². The van der Waals surface area contributed by atoms with Gasteiger partial charge in [0.15, 0.2) is 0 Å². The van der Waals surface area contributed by atoms with Crippen LogP contribution in [0.2, 0.25) is 0 Å². The number of carboxylic acids is 1. The molecule has 0 aromatic heterocycles. The number of hydrogen-bond acceptors (Lipinski definition) is 3. The van der Waals surface area contributed by atoms with E-state index in [0.29, 0.717) is 0 Å². The first-order valence-corrected chi connectivity index (χ1v) is 5.59. The Morgan fingerprint density at radius 3 is 2.15 bits per heavy atom. The number of aliphatic carboxylic acids is 1. The van der Waals surface area contributed by atoms with E-state index in [-0.39, 0.29) is 6.42 Å². The minimum Gasteiger partial charge on any atom is -0.480 e. The molecule has 0 aromatic rings. The van der Waals surface area contributed by atoms with E-state index in [1.165, 1.54) is 13.8 Å². The maximum absolute atomic E-state index is 11.2. The van der Waals surface area contributed by atoms with Crippen LogP contribution in [0.1, 0.15) is 27.2 Å². The van der Waals surface area contributed by atoms with Gasteiger partial charge in [0.2, 0.25) is 10.0 Å². The van der Waals surface area contributed by atoms with E-state index < -0.39 is 27.3 Å². The van der Waals surface area contributed by atoms with Crippen molar-refractivity contribution in [1.29, 1.82) is 0 Å². The van der Waals surface area contributed by atoms with Gasteiger partial charge in [-0.2, -0.15) is 0 Å². The molecule has 0 spiro atoms. The predicted octanol–water partition coefficient (Wildman–Crippen LogP) is 0.177. The Hall–Kier alpha value is -0.620. The molecular formula is C7H15NO4S. The first-order chi connectivity index (χ1) is 5.81. The average Bonchev–Trinajstić information content (AvgIpc) is 1.99. The third kappa shape index (κ3) is 3.73. The van der Waals surface area contributed by atoms with Crippen LogP contribution in [0.4, 0.5) is 0 Å². The molecule has 0 saturated carbocycles. The first-order valence-electron chi connectivity index (χ1n) is 4.05. The zero-order valence-corrected chi connectivity index (χ0v) is 8.76. The summed E-state index contributed by atoms with van der Waals surface area (Å²) in [4.78, 5) is 10.5. The Morgan fingerprint density at radius 2 is 1.92 bits per heavy atom. The fourth-order valence-corrected chi connectivity index (χ4v) is 1.58. The van der Waals surface area contributed by atoms with E-state index in [1.807, 2.05) is 0 Å². The smallest absolute Gasteiger partial charge is 0.321 e. The topological polar surface area (TPSA) is 83.5 Å². The van der Waals surface area contributed by atoms with Crippen LogP contribution in [0.15, 0.2) is 0 Å². The standard InChI is InChI=1S/C7H15NO4S/c1-4-6(7(9)10)8-13(11,12)5(2)3/h5-6,8H,4H2,1-3H3,(H,9,10)/t6-/m0/s1. The van der Waals surface area contributed by atoms with Crippen molar-refractivity contribution in [1.82, 2.24) is 4.72 Å². The fraction of sp³-hybridized carbons (Fsp3) is 0.857. The molecular weight excluding hydrogens is 194 g/mol. The molecule has 5 nitrogen and oxygen atoms in total. The summed E-state index contributed by atoms with van der Waals surface area (Å²) in [6.07, 6.45) is 0.237. The van der Waals surface area contributed by atoms with E-state index in [2.05, 4.69) is 4.72 Å². The maximum atomic E-state index is 11.2. The van der Waals surface area contributed by atoms with E-state index in [1.54, 1.807) is 6.92 Å². The molecule has 0 fully saturated rings. The Morgan fingerprint density at radius 1 is 1.46 bits per heavy atom. The number of rotatable bonds is 5. The summed E-state index contributed by atoms with van der Waals surface area (Å²) >= 11 is 0. The Bertz CT molecular complexity index is 270. The highest BCUT2D eigenvalue weighted by Gasteiger charge is 2.24. The molecule has 13 heavy (non-hydrogen) atoms. The van der Waals surface area contributed by atoms with Crippen molar-refractivity contribution in [2.24, 2.45) is 0 Å². The normalized spacial score (nSPS) is 14.5. The molecule has 0 aliphatic rings.